The molecule has 2 aromatic carbocycles. The molecule has 0 saturated carbocycles. The number of hydrogen-bond acceptors (Lipinski definition) is 5. The van der Waals surface area contributed by atoms with E-state index in [1.807, 2.05) is 18.2 Å². The van der Waals surface area contributed by atoms with Crippen LogP contribution in [0.1, 0.15) is 16.2 Å². The van der Waals surface area contributed by atoms with Crippen LogP contribution in [0.3, 0.4) is 0 Å². The minimum atomic E-state index is -0.135. The van der Waals surface area contributed by atoms with Crippen LogP contribution < -0.4 is 10.3 Å². The number of aldehydes is 1. The summed E-state index contributed by atoms with van der Waals surface area (Å²) in [6.45, 7) is 0.103. The van der Waals surface area contributed by atoms with Gasteiger partial charge in [-0.15, -0.1) is 10.2 Å². The van der Waals surface area contributed by atoms with Gasteiger partial charge in [-0.05, 0) is 30.3 Å². The number of aryl methyl sites for hydroxylation is 1. The van der Waals surface area contributed by atoms with Crippen molar-refractivity contribution < 1.29 is 9.53 Å². The maximum Gasteiger partial charge on any atom is 0.262 e. The van der Waals surface area contributed by atoms with Crippen LogP contribution in [0.5, 0.6) is 5.75 Å². The van der Waals surface area contributed by atoms with Crippen LogP contribution in [0.2, 0.25) is 0 Å². The number of nitrogens with zero attached hydrogens (tertiary/aromatic N) is 4. The van der Waals surface area contributed by atoms with Crippen LogP contribution in [-0.2, 0) is 13.7 Å². The largest absolute Gasteiger partial charge is 0.485 e. The van der Waals surface area contributed by atoms with Crippen LogP contribution in [0.15, 0.2) is 51.7 Å². The molecule has 0 saturated heterocycles. The Morgan fingerprint density at radius 2 is 2.00 bits per heavy atom. The van der Waals surface area contributed by atoms with Crippen molar-refractivity contribution in [3.05, 3.63) is 68.7 Å². The van der Waals surface area contributed by atoms with Crippen molar-refractivity contribution in [2.75, 3.05) is 0 Å². The van der Waals surface area contributed by atoms with E-state index in [-0.39, 0.29) is 12.2 Å². The monoisotopic (exact) mass is 412 g/mol. The maximum atomic E-state index is 12.5. The number of para-hydroxylation sites is 1. The standard InChI is InChI=1S/C18H13BrN4O3/c1-22-17(25)13-4-2-3-5-14(13)23-16(20-21-18(22)23)10-26-15-7-6-12(19)8-11(15)9-24/h2-9H,10H2,1H3. The van der Waals surface area contributed by atoms with Gasteiger partial charge in [0, 0.05) is 11.5 Å². The molecule has 2 heterocycles. The van der Waals surface area contributed by atoms with Gasteiger partial charge in [0.15, 0.2) is 12.1 Å². The molecule has 0 radical (unpaired) electrons. The van der Waals surface area contributed by atoms with E-state index in [1.165, 1.54) is 4.57 Å². The topological polar surface area (TPSA) is 78.5 Å². The highest BCUT2D eigenvalue weighted by molar-refractivity contribution is 9.10. The molecule has 26 heavy (non-hydrogen) atoms. The van der Waals surface area contributed by atoms with Crippen molar-refractivity contribution in [3.63, 3.8) is 0 Å². The van der Waals surface area contributed by atoms with Crippen molar-refractivity contribution in [2.45, 2.75) is 6.61 Å². The first-order valence-electron chi connectivity index (χ1n) is 7.79. The van der Waals surface area contributed by atoms with Gasteiger partial charge in [0.05, 0.1) is 16.5 Å². The number of halogens is 1. The summed E-state index contributed by atoms with van der Waals surface area (Å²) in [4.78, 5) is 23.7. The maximum absolute atomic E-state index is 12.5. The van der Waals surface area contributed by atoms with Crippen molar-refractivity contribution in [3.8, 4) is 5.75 Å². The van der Waals surface area contributed by atoms with Gasteiger partial charge < -0.3 is 4.74 Å². The summed E-state index contributed by atoms with van der Waals surface area (Å²) in [7, 11) is 1.66. The molecule has 0 N–H and O–H groups in total. The molecule has 130 valence electrons. The molecule has 0 amide bonds. The molecule has 4 aromatic rings. The lowest BCUT2D eigenvalue weighted by molar-refractivity contribution is 0.111. The van der Waals surface area contributed by atoms with Crippen LogP contribution >= 0.6 is 15.9 Å². The summed E-state index contributed by atoms with van der Waals surface area (Å²) in [6, 6.07) is 12.5. The molecule has 0 unspecified atom stereocenters. The van der Waals surface area contributed by atoms with Gasteiger partial charge in [-0.2, -0.15) is 0 Å². The zero-order valence-electron chi connectivity index (χ0n) is 13.7. The Balaban J connectivity index is 1.81. The second kappa shape index (κ2) is 6.38. The lowest BCUT2D eigenvalue weighted by atomic mass is 10.2. The fraction of sp³-hybridized carbons (Fsp3) is 0.111. The molecule has 2 aromatic heterocycles. The van der Waals surface area contributed by atoms with E-state index in [0.717, 1.165) is 10.8 Å². The van der Waals surface area contributed by atoms with E-state index in [2.05, 4.69) is 26.1 Å². The van der Waals surface area contributed by atoms with Gasteiger partial charge in [0.1, 0.15) is 12.4 Å². The predicted octanol–water partition coefficient (Wildman–Crippen LogP) is 2.74. The first-order valence-corrected chi connectivity index (χ1v) is 8.58. The normalized spacial score (nSPS) is 11.2. The first kappa shape index (κ1) is 16.5. The Hall–Kier alpha value is -3.00. The molecule has 0 spiro atoms. The Labute approximate surface area is 156 Å². The quantitative estimate of drug-likeness (QED) is 0.481. The Bertz CT molecular complexity index is 1210. The number of carbonyl (C=O) groups excluding carboxylic acids is 1. The summed E-state index contributed by atoms with van der Waals surface area (Å²) in [5.74, 6) is 1.42. The van der Waals surface area contributed by atoms with Crippen LogP contribution in [0, 0.1) is 0 Å². The highest BCUT2D eigenvalue weighted by Crippen LogP contribution is 2.23. The third-order valence-corrected chi connectivity index (χ3v) is 4.64. The summed E-state index contributed by atoms with van der Waals surface area (Å²) >= 11 is 3.33. The zero-order chi connectivity index (χ0) is 18.3. The van der Waals surface area contributed by atoms with Gasteiger partial charge in [0.2, 0.25) is 5.78 Å². The number of rotatable bonds is 4. The number of aromatic nitrogens is 4. The van der Waals surface area contributed by atoms with E-state index < -0.39 is 0 Å². The lowest BCUT2D eigenvalue weighted by Gasteiger charge is -2.10. The number of ether oxygens (including phenoxy) is 1. The van der Waals surface area contributed by atoms with Crippen LogP contribution in [-0.4, -0.2) is 25.5 Å². The van der Waals surface area contributed by atoms with Gasteiger partial charge in [-0.25, -0.2) is 0 Å². The molecule has 0 bridgehead atoms. The van der Waals surface area contributed by atoms with E-state index in [4.69, 9.17) is 4.74 Å². The van der Waals surface area contributed by atoms with E-state index in [0.29, 0.717) is 33.8 Å². The number of carbonyl (C=O) groups is 1. The predicted molar refractivity (Wildman–Crippen MR) is 99.6 cm³/mol. The summed E-state index contributed by atoms with van der Waals surface area (Å²) in [5.41, 5.74) is 1.01. The van der Waals surface area contributed by atoms with E-state index in [9.17, 15) is 9.59 Å². The SMILES string of the molecule is Cn1c(=O)c2ccccc2n2c(COc3ccc(Br)cc3C=O)nnc12. The smallest absolute Gasteiger partial charge is 0.262 e. The molecule has 8 heteroatoms. The van der Waals surface area contributed by atoms with Crippen molar-refractivity contribution in [1.82, 2.24) is 19.2 Å². The molecular weight excluding hydrogens is 400 g/mol. The Morgan fingerprint density at radius 3 is 2.81 bits per heavy atom. The molecular formula is C18H13BrN4O3. The fourth-order valence-corrected chi connectivity index (χ4v) is 3.25. The van der Waals surface area contributed by atoms with E-state index in [1.54, 1.807) is 35.7 Å². The number of hydrogen-bond donors (Lipinski definition) is 0. The average molecular weight is 413 g/mol. The second-order valence-corrected chi connectivity index (χ2v) is 6.64. The zero-order valence-corrected chi connectivity index (χ0v) is 15.3. The van der Waals surface area contributed by atoms with Crippen molar-refractivity contribution in [1.29, 1.82) is 0 Å². The molecule has 0 aliphatic carbocycles. The lowest BCUT2D eigenvalue weighted by Crippen LogP contribution is -2.20. The second-order valence-electron chi connectivity index (χ2n) is 5.72. The fourth-order valence-electron chi connectivity index (χ4n) is 2.87. The number of fused-ring (bicyclic) bond motifs is 3. The van der Waals surface area contributed by atoms with Crippen LogP contribution in [0.4, 0.5) is 0 Å². The molecule has 0 atom stereocenters. The highest BCUT2D eigenvalue weighted by Gasteiger charge is 2.15. The summed E-state index contributed by atoms with van der Waals surface area (Å²) in [6.07, 6.45) is 0.737. The molecule has 7 nitrogen and oxygen atoms in total. The first-order chi connectivity index (χ1) is 12.6. The molecule has 0 fully saturated rings. The van der Waals surface area contributed by atoms with Crippen LogP contribution in [0.25, 0.3) is 16.7 Å². The van der Waals surface area contributed by atoms with Crippen molar-refractivity contribution >= 4 is 38.9 Å². The Morgan fingerprint density at radius 1 is 1.19 bits per heavy atom. The third-order valence-electron chi connectivity index (χ3n) is 4.15. The van der Waals surface area contributed by atoms with Gasteiger partial charge in [-0.3, -0.25) is 18.6 Å². The Kier molecular flexibility index (Phi) is 4.04. The third kappa shape index (κ3) is 2.59. The summed E-state index contributed by atoms with van der Waals surface area (Å²) in [5, 5.41) is 8.85. The molecule has 4 rings (SSSR count). The van der Waals surface area contributed by atoms with Gasteiger partial charge in [0.25, 0.3) is 5.56 Å². The average Bonchev–Trinajstić information content (AvgIpc) is 3.09. The van der Waals surface area contributed by atoms with Crippen molar-refractivity contribution in [2.24, 2.45) is 7.05 Å². The number of benzene rings is 2. The molecule has 0 aliphatic heterocycles. The minimum absolute atomic E-state index is 0.103. The van der Waals surface area contributed by atoms with E-state index >= 15 is 0 Å². The van der Waals surface area contributed by atoms with Gasteiger partial charge in [-0.1, -0.05) is 28.1 Å². The molecule has 0 aliphatic rings. The minimum Gasteiger partial charge on any atom is -0.485 e. The van der Waals surface area contributed by atoms with Gasteiger partial charge >= 0.3 is 0 Å². The highest BCUT2D eigenvalue weighted by atomic mass is 79.9. The summed E-state index contributed by atoms with van der Waals surface area (Å²) < 4.78 is 9.83.